The molecule has 2 unspecified atom stereocenters. The molecule has 0 aliphatic carbocycles. The Labute approximate surface area is 190 Å². The van der Waals surface area contributed by atoms with Crippen LogP contribution in [0.25, 0.3) is 0 Å². The first-order chi connectivity index (χ1) is 15.1. The summed E-state index contributed by atoms with van der Waals surface area (Å²) in [6, 6.07) is 13.1. The van der Waals surface area contributed by atoms with Crippen LogP contribution in [0.4, 0.5) is 5.69 Å². The molecule has 172 valence electrons. The number of nitrogens with zero attached hydrogens (tertiary/aromatic N) is 1. The maximum absolute atomic E-state index is 13.1. The summed E-state index contributed by atoms with van der Waals surface area (Å²) in [5, 5.41) is 2.93. The van der Waals surface area contributed by atoms with E-state index in [4.69, 9.17) is 0 Å². The molecule has 0 saturated carbocycles. The first-order valence-electron chi connectivity index (χ1n) is 10.9. The molecule has 2 aromatic rings. The van der Waals surface area contributed by atoms with E-state index < -0.39 is 16.1 Å². The van der Waals surface area contributed by atoms with Gasteiger partial charge in [0.15, 0.2) is 0 Å². The van der Waals surface area contributed by atoms with Crippen molar-refractivity contribution in [2.45, 2.75) is 57.5 Å². The topological polar surface area (TPSA) is 95.6 Å². The lowest BCUT2D eigenvalue weighted by atomic mass is 10.0. The van der Waals surface area contributed by atoms with E-state index in [2.05, 4.69) is 10.0 Å². The van der Waals surface area contributed by atoms with Gasteiger partial charge < -0.3 is 10.2 Å². The van der Waals surface area contributed by atoms with Gasteiger partial charge in [0.2, 0.25) is 21.8 Å². The molecular formula is C24H31N3O4S. The molecule has 0 fully saturated rings. The van der Waals surface area contributed by atoms with Crippen molar-refractivity contribution in [3.05, 3.63) is 59.7 Å². The van der Waals surface area contributed by atoms with Crippen molar-refractivity contribution in [1.82, 2.24) is 10.0 Å². The number of rotatable bonds is 8. The lowest BCUT2D eigenvalue weighted by Crippen LogP contribution is -2.47. The molecule has 0 saturated heterocycles. The van der Waals surface area contributed by atoms with Crippen molar-refractivity contribution in [2.24, 2.45) is 5.92 Å². The first-order valence-corrected chi connectivity index (χ1v) is 12.4. The Morgan fingerprint density at radius 1 is 1.06 bits per heavy atom. The van der Waals surface area contributed by atoms with Gasteiger partial charge in [0.1, 0.15) is 6.04 Å². The zero-order chi connectivity index (χ0) is 23.5. The van der Waals surface area contributed by atoms with Crippen molar-refractivity contribution in [3.63, 3.8) is 0 Å². The Bertz CT molecular complexity index is 1080. The van der Waals surface area contributed by atoms with E-state index in [9.17, 15) is 18.0 Å². The predicted octanol–water partition coefficient (Wildman–Crippen LogP) is 3.17. The molecule has 0 bridgehead atoms. The molecule has 0 spiro atoms. The minimum absolute atomic E-state index is 0.0707. The molecule has 2 aromatic carbocycles. The zero-order valence-corrected chi connectivity index (χ0v) is 19.8. The van der Waals surface area contributed by atoms with Crippen molar-refractivity contribution in [1.29, 1.82) is 0 Å². The lowest BCUT2D eigenvalue weighted by molar-refractivity contribution is -0.123. The molecule has 8 heteroatoms. The van der Waals surface area contributed by atoms with Crippen LogP contribution in [0.3, 0.4) is 0 Å². The SMILES string of the molecule is CC(=O)N1CCc2cc(S(=O)(=O)NC(CC(C)C)C(=O)NC(C)c3ccccc3)ccc21. The number of amides is 2. The highest BCUT2D eigenvalue weighted by Crippen LogP contribution is 2.30. The second-order valence-electron chi connectivity index (χ2n) is 8.66. The average molecular weight is 458 g/mol. The normalized spacial score (nSPS) is 15.3. The third kappa shape index (κ3) is 5.55. The molecule has 1 aliphatic rings. The monoisotopic (exact) mass is 457 g/mol. The second-order valence-corrected chi connectivity index (χ2v) is 10.4. The molecule has 0 aromatic heterocycles. The van der Waals surface area contributed by atoms with Crippen LogP contribution in [-0.2, 0) is 26.0 Å². The summed E-state index contributed by atoms with van der Waals surface area (Å²) in [5.41, 5.74) is 2.50. The molecule has 32 heavy (non-hydrogen) atoms. The second kappa shape index (κ2) is 9.83. The number of carbonyl (C=O) groups excluding carboxylic acids is 2. The first kappa shape index (κ1) is 23.9. The highest BCUT2D eigenvalue weighted by Gasteiger charge is 2.29. The smallest absolute Gasteiger partial charge is 0.241 e. The van der Waals surface area contributed by atoms with Gasteiger partial charge in [-0.15, -0.1) is 0 Å². The quantitative estimate of drug-likeness (QED) is 0.636. The van der Waals surface area contributed by atoms with E-state index in [1.807, 2.05) is 51.1 Å². The van der Waals surface area contributed by atoms with Crippen molar-refractivity contribution >= 4 is 27.5 Å². The number of hydrogen-bond donors (Lipinski definition) is 2. The van der Waals surface area contributed by atoms with E-state index in [1.54, 1.807) is 17.0 Å². The molecule has 2 atom stereocenters. The van der Waals surface area contributed by atoms with E-state index in [-0.39, 0.29) is 28.7 Å². The Morgan fingerprint density at radius 3 is 2.38 bits per heavy atom. The van der Waals surface area contributed by atoms with Gasteiger partial charge in [-0.05, 0) is 55.0 Å². The van der Waals surface area contributed by atoms with Crippen molar-refractivity contribution < 1.29 is 18.0 Å². The van der Waals surface area contributed by atoms with Gasteiger partial charge in [0.05, 0.1) is 10.9 Å². The van der Waals surface area contributed by atoms with Crippen LogP contribution in [-0.4, -0.2) is 32.8 Å². The fraction of sp³-hybridized carbons (Fsp3) is 0.417. The van der Waals surface area contributed by atoms with Crippen LogP contribution in [0.15, 0.2) is 53.4 Å². The van der Waals surface area contributed by atoms with Crippen molar-refractivity contribution in [2.75, 3.05) is 11.4 Å². The summed E-state index contributed by atoms with van der Waals surface area (Å²) in [7, 11) is -3.92. The van der Waals surface area contributed by atoms with Crippen LogP contribution < -0.4 is 14.9 Å². The van der Waals surface area contributed by atoms with Crippen LogP contribution in [0.1, 0.15) is 51.3 Å². The van der Waals surface area contributed by atoms with Crippen LogP contribution in [0.5, 0.6) is 0 Å². The molecule has 0 radical (unpaired) electrons. The summed E-state index contributed by atoms with van der Waals surface area (Å²) in [6.07, 6.45) is 0.971. The number of sulfonamides is 1. The lowest BCUT2D eigenvalue weighted by Gasteiger charge is -2.23. The third-order valence-corrected chi connectivity index (χ3v) is 7.09. The van der Waals surface area contributed by atoms with Crippen molar-refractivity contribution in [3.8, 4) is 0 Å². The molecule has 7 nitrogen and oxygen atoms in total. The Hall–Kier alpha value is -2.71. The summed E-state index contributed by atoms with van der Waals surface area (Å²) in [4.78, 5) is 26.5. The van der Waals surface area contributed by atoms with Gasteiger partial charge in [-0.25, -0.2) is 8.42 Å². The molecule has 1 aliphatic heterocycles. The molecule has 1 heterocycles. The number of nitrogens with one attached hydrogen (secondary N) is 2. The minimum atomic E-state index is -3.92. The number of carbonyl (C=O) groups is 2. The molecule has 2 amide bonds. The van der Waals surface area contributed by atoms with Gasteiger partial charge in [-0.3, -0.25) is 9.59 Å². The molecular weight excluding hydrogens is 426 g/mol. The number of hydrogen-bond acceptors (Lipinski definition) is 4. The van der Waals surface area contributed by atoms with Gasteiger partial charge in [-0.2, -0.15) is 4.72 Å². The summed E-state index contributed by atoms with van der Waals surface area (Å²) < 4.78 is 28.9. The van der Waals surface area contributed by atoms with E-state index in [1.165, 1.54) is 13.0 Å². The van der Waals surface area contributed by atoms with Gasteiger partial charge in [0, 0.05) is 19.2 Å². The molecule has 3 rings (SSSR count). The maximum Gasteiger partial charge on any atom is 0.241 e. The summed E-state index contributed by atoms with van der Waals surface area (Å²) >= 11 is 0. The van der Waals surface area contributed by atoms with E-state index in [0.717, 1.165) is 16.8 Å². The summed E-state index contributed by atoms with van der Waals surface area (Å²) in [6.45, 7) is 7.79. The number of benzene rings is 2. The molecule has 2 N–H and O–H groups in total. The minimum Gasteiger partial charge on any atom is -0.348 e. The Kier molecular flexibility index (Phi) is 7.36. The van der Waals surface area contributed by atoms with E-state index in [0.29, 0.717) is 19.4 Å². The fourth-order valence-electron chi connectivity index (χ4n) is 3.95. The Morgan fingerprint density at radius 2 is 1.75 bits per heavy atom. The van der Waals surface area contributed by atoms with Gasteiger partial charge >= 0.3 is 0 Å². The standard InChI is InChI=1S/C24H31N3O4S/c1-16(2)14-22(24(29)25-17(3)19-8-6-5-7-9-19)26-32(30,31)21-10-11-23-20(15-21)12-13-27(23)18(4)28/h5-11,15-17,22,26H,12-14H2,1-4H3,(H,25,29). The van der Waals surface area contributed by atoms with Gasteiger partial charge in [0.25, 0.3) is 0 Å². The number of fused-ring (bicyclic) bond motifs is 1. The highest BCUT2D eigenvalue weighted by molar-refractivity contribution is 7.89. The van der Waals surface area contributed by atoms with Crippen LogP contribution >= 0.6 is 0 Å². The fourth-order valence-corrected chi connectivity index (χ4v) is 5.21. The zero-order valence-electron chi connectivity index (χ0n) is 19.0. The number of anilines is 1. The maximum atomic E-state index is 13.1. The Balaban J connectivity index is 1.79. The third-order valence-electron chi connectivity index (χ3n) is 5.62. The summed E-state index contributed by atoms with van der Waals surface area (Å²) in [5.74, 6) is -0.314. The predicted molar refractivity (Wildman–Crippen MR) is 125 cm³/mol. The highest BCUT2D eigenvalue weighted by atomic mass is 32.2. The van der Waals surface area contributed by atoms with Crippen LogP contribution in [0.2, 0.25) is 0 Å². The van der Waals surface area contributed by atoms with Crippen LogP contribution in [0, 0.1) is 5.92 Å². The van der Waals surface area contributed by atoms with Gasteiger partial charge in [-0.1, -0.05) is 44.2 Å². The largest absolute Gasteiger partial charge is 0.348 e. The average Bonchev–Trinajstić information content (AvgIpc) is 3.17. The van der Waals surface area contributed by atoms with E-state index >= 15 is 0 Å².